The minimum absolute atomic E-state index is 0.149. The van der Waals surface area contributed by atoms with Crippen molar-refractivity contribution in [1.29, 1.82) is 0 Å². The smallest absolute Gasteiger partial charge is 0.296 e. The molecule has 132 valence electrons. The number of carbonyl (C=O) groups excluding carboxylic acids is 1. The molecule has 0 aliphatic rings. The summed E-state index contributed by atoms with van der Waals surface area (Å²) in [5, 5.41) is 13.7. The highest BCUT2D eigenvalue weighted by Crippen LogP contribution is 2.29. The van der Waals surface area contributed by atoms with Crippen LogP contribution in [0.15, 0.2) is 42.5 Å². The van der Waals surface area contributed by atoms with Crippen molar-refractivity contribution in [3.63, 3.8) is 0 Å². The topological polar surface area (TPSA) is 90.7 Å². The van der Waals surface area contributed by atoms with E-state index in [0.29, 0.717) is 18.8 Å². The molecule has 0 bridgehead atoms. The number of nitrogens with zero attached hydrogens (tertiary/aromatic N) is 1. The molecule has 7 heteroatoms. The van der Waals surface area contributed by atoms with Crippen LogP contribution >= 0.6 is 0 Å². The predicted molar refractivity (Wildman–Crippen MR) is 94.2 cm³/mol. The number of hydrogen-bond acceptors (Lipinski definition) is 5. The molecule has 0 aliphatic heterocycles. The molecule has 1 N–H and O–H groups in total. The van der Waals surface area contributed by atoms with Gasteiger partial charge in [-0.15, -0.1) is 0 Å². The molecule has 0 aliphatic carbocycles. The number of para-hydroxylation sites is 1. The molecule has 0 saturated carbocycles. The number of nitro groups is 1. The fourth-order valence-corrected chi connectivity index (χ4v) is 2.24. The minimum Gasteiger partial charge on any atom is -0.496 e. The molecule has 0 radical (unpaired) electrons. The first-order valence-electron chi connectivity index (χ1n) is 7.82. The van der Waals surface area contributed by atoms with E-state index in [0.717, 1.165) is 11.3 Å². The van der Waals surface area contributed by atoms with Crippen LogP contribution in [-0.4, -0.2) is 24.5 Å². The van der Waals surface area contributed by atoms with E-state index in [2.05, 4.69) is 5.32 Å². The van der Waals surface area contributed by atoms with Gasteiger partial charge in [0.05, 0.1) is 24.7 Å². The average molecular weight is 344 g/mol. The molecule has 0 fully saturated rings. The number of rotatable bonds is 8. The fraction of sp³-hybridized carbons (Fsp3) is 0.278. The molecule has 1 amide bonds. The lowest BCUT2D eigenvalue weighted by Gasteiger charge is -2.09. The number of nitro benzene ring substituents is 1. The van der Waals surface area contributed by atoms with E-state index < -0.39 is 4.92 Å². The molecule has 2 aromatic rings. The molecule has 0 atom stereocenters. The third-order valence-corrected chi connectivity index (χ3v) is 3.58. The van der Waals surface area contributed by atoms with Gasteiger partial charge in [0.1, 0.15) is 17.2 Å². The summed E-state index contributed by atoms with van der Waals surface area (Å²) in [4.78, 5) is 22.5. The van der Waals surface area contributed by atoms with Gasteiger partial charge in [-0.1, -0.05) is 18.2 Å². The third-order valence-electron chi connectivity index (χ3n) is 3.58. The van der Waals surface area contributed by atoms with Crippen molar-refractivity contribution in [3.8, 4) is 11.5 Å². The largest absolute Gasteiger partial charge is 0.496 e. The average Bonchev–Trinajstić information content (AvgIpc) is 2.60. The highest BCUT2D eigenvalue weighted by molar-refractivity contribution is 5.93. The summed E-state index contributed by atoms with van der Waals surface area (Å²) in [5.74, 6) is 0.840. The lowest BCUT2D eigenvalue weighted by molar-refractivity contribution is -0.384. The predicted octanol–water partition coefficient (Wildman–Crippen LogP) is 3.71. The minimum atomic E-state index is -0.556. The normalized spacial score (nSPS) is 10.2. The number of aryl methyl sites for hydroxylation is 1. The maximum atomic E-state index is 12.0. The summed E-state index contributed by atoms with van der Waals surface area (Å²) < 4.78 is 10.6. The van der Waals surface area contributed by atoms with Crippen LogP contribution in [0.5, 0.6) is 11.5 Å². The monoisotopic (exact) mass is 344 g/mol. The molecule has 25 heavy (non-hydrogen) atoms. The van der Waals surface area contributed by atoms with Gasteiger partial charge in [0.15, 0.2) is 0 Å². The first-order chi connectivity index (χ1) is 12.0. The lowest BCUT2D eigenvalue weighted by Crippen LogP contribution is -2.14. The highest BCUT2D eigenvalue weighted by Gasteiger charge is 2.17. The number of hydrogen-bond donors (Lipinski definition) is 1. The number of carbonyl (C=O) groups is 1. The molecule has 0 aromatic heterocycles. The number of methoxy groups -OCH3 is 1. The van der Waals surface area contributed by atoms with E-state index in [4.69, 9.17) is 9.47 Å². The zero-order valence-electron chi connectivity index (χ0n) is 14.2. The molecule has 0 saturated heterocycles. The van der Waals surface area contributed by atoms with Crippen LogP contribution in [0.25, 0.3) is 0 Å². The van der Waals surface area contributed by atoms with Crippen molar-refractivity contribution in [2.24, 2.45) is 0 Å². The molecule has 2 aromatic carbocycles. The van der Waals surface area contributed by atoms with Gasteiger partial charge in [-0.2, -0.15) is 0 Å². The third kappa shape index (κ3) is 5.20. The van der Waals surface area contributed by atoms with E-state index in [9.17, 15) is 14.9 Å². The van der Waals surface area contributed by atoms with Gasteiger partial charge < -0.3 is 14.8 Å². The van der Waals surface area contributed by atoms with Crippen LogP contribution in [0.3, 0.4) is 0 Å². The Morgan fingerprint density at radius 2 is 2.00 bits per heavy atom. The number of ether oxygens (including phenoxy) is 2. The standard InChI is InChI=1S/C18H20N2O5/c1-13-6-3-4-7-17(13)25-11-5-8-18(21)19-15-10-9-14(24-2)12-16(15)20(22)23/h3-4,6-7,9-10,12H,5,8,11H2,1-2H3,(H,19,21). The van der Waals surface area contributed by atoms with Crippen LogP contribution in [0, 0.1) is 17.0 Å². The van der Waals surface area contributed by atoms with Crippen LogP contribution < -0.4 is 14.8 Å². The molecular weight excluding hydrogens is 324 g/mol. The SMILES string of the molecule is COc1ccc(NC(=O)CCCOc2ccccc2C)c([N+](=O)[O-])c1. The van der Waals surface area contributed by atoms with Crippen molar-refractivity contribution in [2.75, 3.05) is 19.0 Å². The Kier molecular flexibility index (Phi) is 6.33. The van der Waals surface area contributed by atoms with Crippen molar-refractivity contribution in [2.45, 2.75) is 19.8 Å². The molecule has 7 nitrogen and oxygen atoms in total. The Hall–Kier alpha value is -3.09. The van der Waals surface area contributed by atoms with Crippen LogP contribution in [0.4, 0.5) is 11.4 Å². The lowest BCUT2D eigenvalue weighted by atomic mass is 10.2. The maximum Gasteiger partial charge on any atom is 0.296 e. The summed E-state index contributed by atoms with van der Waals surface area (Å²) in [6, 6.07) is 11.9. The van der Waals surface area contributed by atoms with Crippen LogP contribution in [0.1, 0.15) is 18.4 Å². The zero-order valence-corrected chi connectivity index (χ0v) is 14.2. The van der Waals surface area contributed by atoms with Crippen molar-refractivity contribution >= 4 is 17.3 Å². The van der Waals surface area contributed by atoms with Gasteiger partial charge in [0.25, 0.3) is 5.69 Å². The summed E-state index contributed by atoms with van der Waals surface area (Å²) in [7, 11) is 1.42. The molecule has 0 unspecified atom stereocenters. The van der Waals surface area contributed by atoms with Crippen LogP contribution in [0.2, 0.25) is 0 Å². The van der Waals surface area contributed by atoms with E-state index >= 15 is 0 Å². The molecule has 2 rings (SSSR count). The summed E-state index contributed by atoms with van der Waals surface area (Å²) in [5.41, 5.74) is 0.972. The van der Waals surface area contributed by atoms with Crippen molar-refractivity contribution in [1.82, 2.24) is 0 Å². The Bertz CT molecular complexity index is 761. The fourth-order valence-electron chi connectivity index (χ4n) is 2.24. The Balaban J connectivity index is 1.86. The Morgan fingerprint density at radius 1 is 1.24 bits per heavy atom. The van der Waals surface area contributed by atoms with Gasteiger partial charge in [0, 0.05) is 6.42 Å². The second kappa shape index (κ2) is 8.68. The van der Waals surface area contributed by atoms with Crippen molar-refractivity contribution < 1.29 is 19.2 Å². The molecule has 0 heterocycles. The molecular formula is C18H20N2O5. The highest BCUT2D eigenvalue weighted by atomic mass is 16.6. The molecule has 0 spiro atoms. The number of benzene rings is 2. The summed E-state index contributed by atoms with van der Waals surface area (Å²) in [6.07, 6.45) is 0.708. The maximum absolute atomic E-state index is 12.0. The Labute approximate surface area is 145 Å². The van der Waals surface area contributed by atoms with E-state index in [1.165, 1.54) is 19.2 Å². The zero-order chi connectivity index (χ0) is 18.2. The number of amides is 1. The van der Waals surface area contributed by atoms with E-state index in [1.807, 2.05) is 31.2 Å². The van der Waals surface area contributed by atoms with Gasteiger partial charge in [-0.05, 0) is 37.1 Å². The van der Waals surface area contributed by atoms with Crippen molar-refractivity contribution in [3.05, 3.63) is 58.1 Å². The van der Waals surface area contributed by atoms with E-state index in [-0.39, 0.29) is 23.7 Å². The van der Waals surface area contributed by atoms with Crippen LogP contribution in [-0.2, 0) is 4.79 Å². The number of nitrogens with one attached hydrogen (secondary N) is 1. The second-order valence-corrected chi connectivity index (χ2v) is 5.41. The summed E-state index contributed by atoms with van der Waals surface area (Å²) >= 11 is 0. The summed E-state index contributed by atoms with van der Waals surface area (Å²) in [6.45, 7) is 2.34. The number of anilines is 1. The van der Waals surface area contributed by atoms with Gasteiger partial charge in [-0.3, -0.25) is 14.9 Å². The van der Waals surface area contributed by atoms with Gasteiger partial charge in [-0.25, -0.2) is 0 Å². The second-order valence-electron chi connectivity index (χ2n) is 5.41. The quantitative estimate of drug-likeness (QED) is 0.448. The van der Waals surface area contributed by atoms with Gasteiger partial charge in [0.2, 0.25) is 5.91 Å². The first kappa shape index (κ1) is 18.3. The van der Waals surface area contributed by atoms with Gasteiger partial charge >= 0.3 is 0 Å². The van der Waals surface area contributed by atoms with E-state index in [1.54, 1.807) is 6.07 Å². The Morgan fingerprint density at radius 3 is 2.68 bits per heavy atom. The first-order valence-corrected chi connectivity index (χ1v) is 7.82.